The monoisotopic (exact) mass is 567 g/mol. The minimum Gasteiger partial charge on any atom is -0.462 e. The van der Waals surface area contributed by atoms with E-state index < -0.39 is 5.91 Å². The molecular formula is C27H26BrN3O4S. The number of nitrogens with one attached hydrogen (secondary N) is 1. The molecule has 0 spiro atoms. The number of benzene rings is 1. The predicted octanol–water partition coefficient (Wildman–Crippen LogP) is 6.48. The van der Waals surface area contributed by atoms with Crippen molar-refractivity contribution in [3.8, 4) is 5.00 Å². The van der Waals surface area contributed by atoms with Gasteiger partial charge in [-0.1, -0.05) is 15.9 Å². The Morgan fingerprint density at radius 1 is 1.22 bits per heavy atom. The number of carbonyl (C=O) groups is 2. The number of aryl methyl sites for hydroxylation is 2. The largest absolute Gasteiger partial charge is 0.462 e. The van der Waals surface area contributed by atoms with Crippen LogP contribution in [-0.4, -0.2) is 29.3 Å². The number of furan rings is 1. The maximum absolute atomic E-state index is 13.0. The van der Waals surface area contributed by atoms with E-state index in [0.717, 1.165) is 63.1 Å². The molecule has 5 rings (SSSR count). The van der Waals surface area contributed by atoms with Crippen LogP contribution in [0.1, 0.15) is 68.1 Å². The van der Waals surface area contributed by atoms with E-state index >= 15 is 0 Å². The SMILES string of the molecule is CCOC(=O)c1c(-n2c(C)cc(/C=N/NC(=O)c3cc4cc(Br)ccc4o3)c2C)sc2c1CCCC2. The molecule has 0 bridgehead atoms. The molecule has 0 radical (unpaired) electrons. The van der Waals surface area contributed by atoms with E-state index in [-0.39, 0.29) is 11.7 Å². The summed E-state index contributed by atoms with van der Waals surface area (Å²) in [5.74, 6) is -0.503. The fourth-order valence-electron chi connectivity index (χ4n) is 4.70. The lowest BCUT2D eigenvalue weighted by molar-refractivity contribution is 0.0525. The van der Waals surface area contributed by atoms with Crippen LogP contribution in [0.25, 0.3) is 16.0 Å². The molecule has 4 aromatic rings. The molecule has 3 heterocycles. The topological polar surface area (TPSA) is 85.8 Å². The van der Waals surface area contributed by atoms with Crippen molar-refractivity contribution in [3.63, 3.8) is 0 Å². The second kappa shape index (κ2) is 10.1. The van der Waals surface area contributed by atoms with Gasteiger partial charge < -0.3 is 13.7 Å². The summed E-state index contributed by atoms with van der Waals surface area (Å²) in [7, 11) is 0. The number of esters is 1. The summed E-state index contributed by atoms with van der Waals surface area (Å²) in [5.41, 5.74) is 7.76. The van der Waals surface area contributed by atoms with E-state index in [9.17, 15) is 9.59 Å². The number of hydrogen-bond acceptors (Lipinski definition) is 6. The van der Waals surface area contributed by atoms with Crippen molar-refractivity contribution < 1.29 is 18.7 Å². The highest BCUT2D eigenvalue weighted by molar-refractivity contribution is 9.10. The number of thiophene rings is 1. The quantitative estimate of drug-likeness (QED) is 0.164. The first-order valence-electron chi connectivity index (χ1n) is 11.9. The minimum atomic E-state index is -0.428. The Labute approximate surface area is 221 Å². The molecular weight excluding hydrogens is 542 g/mol. The lowest BCUT2D eigenvalue weighted by Gasteiger charge is -2.13. The molecule has 0 saturated carbocycles. The molecule has 7 nitrogen and oxygen atoms in total. The van der Waals surface area contributed by atoms with Gasteiger partial charge in [0.05, 0.1) is 18.4 Å². The maximum Gasteiger partial charge on any atom is 0.341 e. The predicted molar refractivity (Wildman–Crippen MR) is 145 cm³/mol. The second-order valence-electron chi connectivity index (χ2n) is 8.77. The van der Waals surface area contributed by atoms with Gasteiger partial charge in [-0.15, -0.1) is 11.3 Å². The first kappa shape index (κ1) is 24.5. The van der Waals surface area contributed by atoms with Crippen molar-refractivity contribution in [2.24, 2.45) is 5.10 Å². The number of carbonyl (C=O) groups excluding carboxylic acids is 2. The number of hydrazone groups is 1. The first-order valence-corrected chi connectivity index (χ1v) is 13.5. The van der Waals surface area contributed by atoms with Gasteiger partial charge in [-0.2, -0.15) is 5.10 Å². The van der Waals surface area contributed by atoms with Gasteiger partial charge in [0.25, 0.3) is 0 Å². The van der Waals surface area contributed by atoms with E-state index in [1.54, 1.807) is 29.7 Å². The average molecular weight is 568 g/mol. The summed E-state index contributed by atoms with van der Waals surface area (Å²) in [5, 5.41) is 5.90. The van der Waals surface area contributed by atoms with Crippen molar-refractivity contribution in [3.05, 3.63) is 73.5 Å². The fourth-order valence-corrected chi connectivity index (χ4v) is 6.56. The molecule has 1 aliphatic carbocycles. The van der Waals surface area contributed by atoms with Crippen LogP contribution in [0.4, 0.5) is 0 Å². The Bertz CT molecular complexity index is 1510. The Balaban J connectivity index is 1.42. The summed E-state index contributed by atoms with van der Waals surface area (Å²) in [4.78, 5) is 26.8. The molecule has 186 valence electrons. The molecule has 1 aliphatic rings. The molecule has 1 amide bonds. The third-order valence-corrected chi connectivity index (χ3v) is 8.15. The van der Waals surface area contributed by atoms with Crippen molar-refractivity contribution in [1.29, 1.82) is 0 Å². The molecule has 1 aromatic carbocycles. The van der Waals surface area contributed by atoms with Gasteiger partial charge in [-0.3, -0.25) is 4.79 Å². The Kier molecular flexibility index (Phi) is 6.85. The van der Waals surface area contributed by atoms with Crippen LogP contribution >= 0.6 is 27.3 Å². The van der Waals surface area contributed by atoms with Gasteiger partial charge in [0.1, 0.15) is 10.6 Å². The van der Waals surface area contributed by atoms with Gasteiger partial charge in [-0.05, 0) is 82.3 Å². The Morgan fingerprint density at radius 3 is 2.83 bits per heavy atom. The number of ether oxygens (including phenoxy) is 1. The molecule has 0 fully saturated rings. The lowest BCUT2D eigenvalue weighted by Crippen LogP contribution is -2.16. The summed E-state index contributed by atoms with van der Waals surface area (Å²) in [6, 6.07) is 9.24. The molecule has 9 heteroatoms. The Hall–Kier alpha value is -3.17. The molecule has 0 atom stereocenters. The van der Waals surface area contributed by atoms with Gasteiger partial charge in [0, 0.05) is 31.7 Å². The van der Waals surface area contributed by atoms with E-state index in [1.807, 2.05) is 39.0 Å². The minimum absolute atomic E-state index is 0.189. The van der Waals surface area contributed by atoms with Crippen molar-refractivity contribution >= 4 is 56.3 Å². The molecule has 0 aliphatic heterocycles. The van der Waals surface area contributed by atoms with Crippen LogP contribution in [-0.2, 0) is 17.6 Å². The first-order chi connectivity index (χ1) is 17.4. The van der Waals surface area contributed by atoms with E-state index in [4.69, 9.17) is 9.15 Å². The van der Waals surface area contributed by atoms with Gasteiger partial charge in [0.15, 0.2) is 5.76 Å². The van der Waals surface area contributed by atoms with E-state index in [1.165, 1.54) is 4.88 Å². The van der Waals surface area contributed by atoms with Gasteiger partial charge in [-0.25, -0.2) is 10.2 Å². The molecule has 1 N–H and O–H groups in total. The molecule has 36 heavy (non-hydrogen) atoms. The highest BCUT2D eigenvalue weighted by atomic mass is 79.9. The van der Waals surface area contributed by atoms with Crippen LogP contribution in [0.2, 0.25) is 0 Å². The second-order valence-corrected chi connectivity index (χ2v) is 10.8. The zero-order chi connectivity index (χ0) is 25.4. The normalized spacial score (nSPS) is 13.3. The van der Waals surface area contributed by atoms with E-state index in [2.05, 4.69) is 31.0 Å². The van der Waals surface area contributed by atoms with Gasteiger partial charge >= 0.3 is 11.9 Å². The van der Waals surface area contributed by atoms with Crippen molar-refractivity contribution in [2.75, 3.05) is 6.61 Å². The Morgan fingerprint density at radius 2 is 2.03 bits per heavy atom. The number of halogens is 1. The number of aromatic nitrogens is 1. The van der Waals surface area contributed by atoms with Crippen LogP contribution in [0.15, 0.2) is 44.3 Å². The average Bonchev–Trinajstić information content (AvgIpc) is 3.52. The summed E-state index contributed by atoms with van der Waals surface area (Å²) >= 11 is 5.09. The van der Waals surface area contributed by atoms with Crippen molar-refractivity contribution in [1.82, 2.24) is 9.99 Å². The van der Waals surface area contributed by atoms with Crippen LogP contribution in [0, 0.1) is 13.8 Å². The molecule has 0 saturated heterocycles. The molecule has 0 unspecified atom stereocenters. The summed E-state index contributed by atoms with van der Waals surface area (Å²) in [6.07, 6.45) is 5.73. The number of rotatable bonds is 6. The van der Waals surface area contributed by atoms with Crippen LogP contribution in [0.5, 0.6) is 0 Å². The van der Waals surface area contributed by atoms with E-state index in [0.29, 0.717) is 17.8 Å². The fraction of sp³-hybridized carbons (Fsp3) is 0.296. The zero-order valence-electron chi connectivity index (χ0n) is 20.3. The van der Waals surface area contributed by atoms with Gasteiger partial charge in [0.2, 0.25) is 0 Å². The molecule has 3 aromatic heterocycles. The number of nitrogens with zero attached hydrogens (tertiary/aromatic N) is 2. The number of hydrogen-bond donors (Lipinski definition) is 1. The van der Waals surface area contributed by atoms with Crippen LogP contribution < -0.4 is 5.43 Å². The highest BCUT2D eigenvalue weighted by Crippen LogP contribution is 2.39. The zero-order valence-corrected chi connectivity index (χ0v) is 22.7. The van der Waals surface area contributed by atoms with Crippen LogP contribution in [0.3, 0.4) is 0 Å². The lowest BCUT2D eigenvalue weighted by atomic mass is 9.95. The third-order valence-electron chi connectivity index (χ3n) is 6.38. The standard InChI is InChI=1S/C27H26BrN3O4S/c1-4-34-27(33)24-20-7-5-6-8-23(20)36-26(24)31-15(2)11-18(16(31)3)14-29-30-25(32)22-13-17-12-19(28)9-10-21(17)35-22/h9-14H,4-8H2,1-3H3,(H,30,32)/b29-14+. The smallest absolute Gasteiger partial charge is 0.341 e. The number of fused-ring (bicyclic) bond motifs is 2. The summed E-state index contributed by atoms with van der Waals surface area (Å²) < 4.78 is 14.1. The number of amides is 1. The van der Waals surface area contributed by atoms with Crippen molar-refractivity contribution in [2.45, 2.75) is 46.5 Å². The maximum atomic E-state index is 13.0. The highest BCUT2D eigenvalue weighted by Gasteiger charge is 2.28. The third kappa shape index (κ3) is 4.53. The summed E-state index contributed by atoms with van der Waals surface area (Å²) in [6.45, 7) is 6.16.